The summed E-state index contributed by atoms with van der Waals surface area (Å²) in [5.41, 5.74) is 2.68. The summed E-state index contributed by atoms with van der Waals surface area (Å²) >= 11 is 6.30. The molecule has 1 aromatic carbocycles. The average molecular weight is 381 g/mol. The van der Waals surface area contributed by atoms with Crippen molar-refractivity contribution in [1.29, 1.82) is 0 Å². The zero-order valence-corrected chi connectivity index (χ0v) is 15.4. The third kappa shape index (κ3) is 4.06. The van der Waals surface area contributed by atoms with Crippen LogP contribution in [0.1, 0.15) is 28.8 Å². The molecule has 7 heteroatoms. The highest BCUT2D eigenvalue weighted by molar-refractivity contribution is 6.33. The van der Waals surface area contributed by atoms with Crippen LogP contribution in [0.4, 0.5) is 5.82 Å². The van der Waals surface area contributed by atoms with Crippen LogP contribution in [-0.4, -0.2) is 27.0 Å². The van der Waals surface area contributed by atoms with Gasteiger partial charge in [0.2, 0.25) is 0 Å². The first kappa shape index (κ1) is 17.4. The first-order chi connectivity index (χ1) is 13.1. The molecule has 0 aliphatic heterocycles. The number of ether oxygens (including phenoxy) is 1. The number of carbonyl (C=O) groups excluding carboxylic acids is 1. The summed E-state index contributed by atoms with van der Waals surface area (Å²) in [6.45, 7) is 1.85. The fourth-order valence-corrected chi connectivity index (χ4v) is 2.78. The summed E-state index contributed by atoms with van der Waals surface area (Å²) in [4.78, 5) is 25.0. The number of aryl methyl sites for hydroxylation is 1. The van der Waals surface area contributed by atoms with Crippen LogP contribution in [0.5, 0.6) is 5.75 Å². The van der Waals surface area contributed by atoms with Gasteiger partial charge in [0.1, 0.15) is 5.75 Å². The van der Waals surface area contributed by atoms with E-state index < -0.39 is 0 Å². The third-order valence-electron chi connectivity index (χ3n) is 4.22. The number of halogens is 1. The molecule has 0 atom stereocenters. The summed E-state index contributed by atoms with van der Waals surface area (Å²) in [6.07, 6.45) is 8.73. The minimum atomic E-state index is -0.277. The Morgan fingerprint density at radius 3 is 2.74 bits per heavy atom. The molecule has 6 nitrogen and oxygen atoms in total. The van der Waals surface area contributed by atoms with E-state index in [0.717, 1.165) is 29.7 Å². The molecule has 0 radical (unpaired) electrons. The van der Waals surface area contributed by atoms with Crippen LogP contribution in [0, 0.1) is 6.92 Å². The Morgan fingerprint density at radius 1 is 1.19 bits per heavy atom. The van der Waals surface area contributed by atoms with E-state index in [-0.39, 0.29) is 5.91 Å². The molecule has 1 aliphatic carbocycles. The minimum absolute atomic E-state index is 0.277. The summed E-state index contributed by atoms with van der Waals surface area (Å²) in [7, 11) is 0. The Balaban J connectivity index is 1.52. The lowest BCUT2D eigenvalue weighted by molar-refractivity contribution is 0.102. The molecule has 1 aliphatic rings. The Kier molecular flexibility index (Phi) is 4.73. The van der Waals surface area contributed by atoms with Crippen molar-refractivity contribution in [1.82, 2.24) is 15.0 Å². The quantitative estimate of drug-likeness (QED) is 0.714. The Hall–Kier alpha value is -2.99. The lowest BCUT2D eigenvalue weighted by atomic mass is 10.1. The van der Waals surface area contributed by atoms with Gasteiger partial charge in [0.25, 0.3) is 5.91 Å². The molecule has 1 N–H and O–H groups in total. The van der Waals surface area contributed by atoms with Gasteiger partial charge in [-0.15, -0.1) is 0 Å². The molecule has 3 aromatic rings. The van der Waals surface area contributed by atoms with Crippen LogP contribution < -0.4 is 10.1 Å². The largest absolute Gasteiger partial charge is 0.490 e. The normalized spacial score (nSPS) is 13.3. The molecular formula is C20H17ClN4O2. The summed E-state index contributed by atoms with van der Waals surface area (Å²) in [5, 5.41) is 3.29. The van der Waals surface area contributed by atoms with Gasteiger partial charge in [0.05, 0.1) is 34.8 Å². The molecule has 0 spiro atoms. The van der Waals surface area contributed by atoms with Gasteiger partial charge in [-0.1, -0.05) is 11.6 Å². The zero-order chi connectivity index (χ0) is 18.8. The van der Waals surface area contributed by atoms with Gasteiger partial charge in [-0.25, -0.2) is 4.98 Å². The van der Waals surface area contributed by atoms with Crippen molar-refractivity contribution in [2.24, 2.45) is 0 Å². The van der Waals surface area contributed by atoms with Crippen molar-refractivity contribution < 1.29 is 9.53 Å². The number of nitrogens with zero attached hydrogens (tertiary/aromatic N) is 3. The van der Waals surface area contributed by atoms with Gasteiger partial charge in [-0.2, -0.15) is 0 Å². The van der Waals surface area contributed by atoms with E-state index in [1.54, 1.807) is 24.5 Å². The van der Waals surface area contributed by atoms with Crippen molar-refractivity contribution >= 4 is 23.3 Å². The Labute approximate surface area is 161 Å². The molecule has 2 heterocycles. The van der Waals surface area contributed by atoms with Crippen LogP contribution >= 0.6 is 11.6 Å². The molecule has 1 saturated carbocycles. The highest BCUT2D eigenvalue weighted by Gasteiger charge is 2.23. The number of benzene rings is 1. The lowest BCUT2D eigenvalue weighted by Crippen LogP contribution is -2.14. The van der Waals surface area contributed by atoms with Gasteiger partial charge in [-0.05, 0) is 49.6 Å². The van der Waals surface area contributed by atoms with E-state index in [0.29, 0.717) is 28.2 Å². The first-order valence-electron chi connectivity index (χ1n) is 8.61. The Morgan fingerprint density at radius 2 is 2.04 bits per heavy atom. The molecular weight excluding hydrogens is 364 g/mol. The maximum atomic E-state index is 12.3. The van der Waals surface area contributed by atoms with Crippen molar-refractivity contribution in [2.45, 2.75) is 25.9 Å². The summed E-state index contributed by atoms with van der Waals surface area (Å²) in [5.74, 6) is 0.845. The maximum absolute atomic E-state index is 12.3. The monoisotopic (exact) mass is 380 g/mol. The van der Waals surface area contributed by atoms with Crippen molar-refractivity contribution in [2.75, 3.05) is 5.32 Å². The highest BCUT2D eigenvalue weighted by atomic mass is 35.5. The topological polar surface area (TPSA) is 77.0 Å². The molecule has 0 saturated heterocycles. The molecule has 1 amide bonds. The number of nitrogens with one attached hydrogen (secondary N) is 1. The van der Waals surface area contributed by atoms with Crippen LogP contribution in [-0.2, 0) is 0 Å². The number of rotatable bonds is 5. The number of hydrogen-bond donors (Lipinski definition) is 1. The van der Waals surface area contributed by atoms with Crippen molar-refractivity contribution in [3.63, 3.8) is 0 Å². The second-order valence-corrected chi connectivity index (χ2v) is 6.80. The third-order valence-corrected chi connectivity index (χ3v) is 4.55. The maximum Gasteiger partial charge on any atom is 0.258 e. The zero-order valence-electron chi connectivity index (χ0n) is 14.6. The van der Waals surface area contributed by atoms with E-state index in [2.05, 4.69) is 20.3 Å². The molecule has 2 aromatic heterocycles. The fourth-order valence-electron chi connectivity index (χ4n) is 2.57. The molecule has 1 fully saturated rings. The van der Waals surface area contributed by atoms with Crippen LogP contribution in [0.15, 0.2) is 49.1 Å². The molecule has 136 valence electrons. The van der Waals surface area contributed by atoms with Crippen molar-refractivity contribution in [3.05, 3.63) is 65.2 Å². The summed E-state index contributed by atoms with van der Waals surface area (Å²) < 4.78 is 5.81. The predicted molar refractivity (Wildman–Crippen MR) is 103 cm³/mol. The number of carbonyl (C=O) groups is 1. The fraction of sp³-hybridized carbons (Fsp3) is 0.200. The molecule has 27 heavy (non-hydrogen) atoms. The highest BCUT2D eigenvalue weighted by Crippen LogP contribution is 2.33. The number of anilines is 1. The minimum Gasteiger partial charge on any atom is -0.490 e. The van der Waals surface area contributed by atoms with Crippen molar-refractivity contribution in [3.8, 4) is 17.0 Å². The van der Waals surface area contributed by atoms with E-state index in [1.165, 1.54) is 12.4 Å². The van der Waals surface area contributed by atoms with Crippen LogP contribution in [0.3, 0.4) is 0 Å². The van der Waals surface area contributed by atoms with Gasteiger partial charge in [0.15, 0.2) is 5.82 Å². The standard InChI is InChI=1S/C20H17ClN4O2/c1-12-6-7-22-9-16(12)20(26)25-19-11-23-18(10-24-19)15-8-14(4-5-17(15)21)27-13-2-3-13/h4-11,13H,2-3H2,1H3,(H,24,25,26). The smallest absolute Gasteiger partial charge is 0.258 e. The number of amides is 1. The second-order valence-electron chi connectivity index (χ2n) is 6.39. The SMILES string of the molecule is Cc1ccncc1C(=O)Nc1cnc(-c2cc(OC3CC3)ccc2Cl)cn1. The number of pyridine rings is 1. The van der Waals surface area contributed by atoms with Gasteiger partial charge in [0, 0.05) is 18.0 Å². The average Bonchev–Trinajstić information content (AvgIpc) is 3.48. The molecule has 4 rings (SSSR count). The van der Waals surface area contributed by atoms with E-state index in [9.17, 15) is 4.79 Å². The van der Waals surface area contributed by atoms with Crippen LogP contribution in [0.25, 0.3) is 11.3 Å². The van der Waals surface area contributed by atoms with Gasteiger partial charge < -0.3 is 10.1 Å². The first-order valence-corrected chi connectivity index (χ1v) is 8.98. The molecule has 0 bridgehead atoms. The number of aromatic nitrogens is 3. The van der Waals surface area contributed by atoms with Gasteiger partial charge in [-0.3, -0.25) is 14.8 Å². The van der Waals surface area contributed by atoms with E-state index >= 15 is 0 Å². The lowest BCUT2D eigenvalue weighted by Gasteiger charge is -2.09. The van der Waals surface area contributed by atoms with Gasteiger partial charge >= 0.3 is 0 Å². The van der Waals surface area contributed by atoms with E-state index in [1.807, 2.05) is 19.1 Å². The summed E-state index contributed by atoms with van der Waals surface area (Å²) in [6, 6.07) is 7.28. The Bertz CT molecular complexity index is 988. The predicted octanol–water partition coefficient (Wildman–Crippen LogP) is 4.29. The molecule has 0 unspecified atom stereocenters. The van der Waals surface area contributed by atoms with Crippen LogP contribution in [0.2, 0.25) is 5.02 Å². The second kappa shape index (κ2) is 7.32. The number of hydrogen-bond acceptors (Lipinski definition) is 5. The van der Waals surface area contributed by atoms with E-state index in [4.69, 9.17) is 16.3 Å².